The molecule has 0 spiro atoms. The molecule has 2 aromatic carbocycles. The average molecular weight is 531 g/mol. The highest BCUT2D eigenvalue weighted by Gasteiger charge is 2.31. The Labute approximate surface area is 215 Å². The fraction of sp³-hybridized carbons (Fsp3) is 0.346. The van der Waals surface area contributed by atoms with E-state index in [2.05, 4.69) is 10.3 Å². The number of hydrogen-bond donors (Lipinski definition) is 1. The zero-order valence-corrected chi connectivity index (χ0v) is 20.7. The molecule has 9 nitrogen and oxygen atoms in total. The van der Waals surface area contributed by atoms with E-state index in [9.17, 15) is 22.8 Å². The van der Waals surface area contributed by atoms with E-state index in [1.54, 1.807) is 30.0 Å². The molecule has 3 aromatic rings. The Bertz CT molecular complexity index is 1420. The predicted octanol–water partition coefficient (Wildman–Crippen LogP) is 3.46. The number of amides is 1. The first kappa shape index (κ1) is 25.4. The number of nitrogens with zero attached hydrogens (tertiary/aromatic N) is 3. The molecule has 0 radical (unpaired) electrons. The topological polar surface area (TPSA) is 94.9 Å². The minimum Gasteiger partial charge on any atom is -0.486 e. The van der Waals surface area contributed by atoms with Crippen LogP contribution in [-0.2, 0) is 19.1 Å². The number of hydrogen-bond acceptors (Lipinski definition) is 7. The van der Waals surface area contributed by atoms with Crippen LogP contribution < -0.4 is 25.2 Å². The summed E-state index contributed by atoms with van der Waals surface area (Å²) in [7, 11) is 1.31. The van der Waals surface area contributed by atoms with Crippen molar-refractivity contribution < 1.29 is 32.3 Å². The lowest BCUT2D eigenvalue weighted by molar-refractivity contribution is -0.137. The highest BCUT2D eigenvalue weighted by molar-refractivity contribution is 5.95. The molecule has 1 N–H and O–H groups in total. The Morgan fingerprint density at radius 3 is 2.50 bits per heavy atom. The summed E-state index contributed by atoms with van der Waals surface area (Å²) >= 11 is 0. The van der Waals surface area contributed by atoms with Crippen molar-refractivity contribution in [3.05, 3.63) is 80.8 Å². The molecule has 1 unspecified atom stereocenters. The molecule has 2 aliphatic heterocycles. The van der Waals surface area contributed by atoms with Crippen molar-refractivity contribution in [3.63, 3.8) is 0 Å². The molecule has 5 rings (SSSR count). The number of rotatable bonds is 5. The number of carbonyl (C=O) groups is 1. The van der Waals surface area contributed by atoms with Crippen LogP contribution in [0.2, 0.25) is 0 Å². The van der Waals surface area contributed by atoms with Gasteiger partial charge in [-0.25, -0.2) is 4.98 Å². The molecule has 3 heterocycles. The van der Waals surface area contributed by atoms with Gasteiger partial charge in [-0.1, -0.05) is 12.1 Å². The fourth-order valence-electron chi connectivity index (χ4n) is 4.49. The third kappa shape index (κ3) is 4.85. The lowest BCUT2D eigenvalue weighted by atomic mass is 10.0. The Hall–Kier alpha value is -4.22. The molecule has 38 heavy (non-hydrogen) atoms. The van der Waals surface area contributed by atoms with E-state index in [0.717, 1.165) is 16.9 Å². The van der Waals surface area contributed by atoms with Gasteiger partial charge in [-0.3, -0.25) is 9.59 Å². The molecule has 2 aliphatic rings. The smallest absolute Gasteiger partial charge is 0.416 e. The molecule has 0 bridgehead atoms. The van der Waals surface area contributed by atoms with E-state index in [1.165, 1.54) is 19.2 Å². The standard InChI is InChI=1S/C26H25F3N4O5/c1-15(16-3-6-18(7-4-16)26(27,28)29)30-25-31-20-9-10-32(14-19(20)24(35)33(25)36-2)23(34)17-5-8-21-22(13-17)38-12-11-37-21/h3-8,13,15H,9-12,14H2,1-2H3,(H,30,31). The molecule has 0 fully saturated rings. The predicted molar refractivity (Wildman–Crippen MR) is 130 cm³/mol. The van der Waals surface area contributed by atoms with Gasteiger partial charge >= 0.3 is 6.18 Å². The lowest BCUT2D eigenvalue weighted by Gasteiger charge is -2.29. The quantitative estimate of drug-likeness (QED) is 0.540. The van der Waals surface area contributed by atoms with E-state index in [0.29, 0.717) is 60.1 Å². The van der Waals surface area contributed by atoms with Crippen molar-refractivity contribution >= 4 is 11.9 Å². The maximum Gasteiger partial charge on any atom is 0.416 e. The number of carbonyl (C=O) groups excluding carboxylic acids is 1. The summed E-state index contributed by atoms with van der Waals surface area (Å²) in [5.74, 6) is 0.944. The van der Waals surface area contributed by atoms with Crippen molar-refractivity contribution in [3.8, 4) is 11.5 Å². The SMILES string of the molecule is COn1c(NC(C)c2ccc(C(F)(F)F)cc2)nc2c(c1=O)CN(C(=O)c1ccc3c(c1)OCCO3)CC2. The van der Waals surface area contributed by atoms with Gasteiger partial charge < -0.3 is 24.5 Å². The van der Waals surface area contributed by atoms with Gasteiger partial charge in [0, 0.05) is 18.5 Å². The summed E-state index contributed by atoms with van der Waals surface area (Å²) in [5.41, 5.74) is 0.627. The second-order valence-electron chi connectivity index (χ2n) is 8.96. The van der Waals surface area contributed by atoms with Crippen LogP contribution in [0.15, 0.2) is 47.3 Å². The highest BCUT2D eigenvalue weighted by atomic mass is 19.4. The molecule has 1 aromatic heterocycles. The minimum atomic E-state index is -4.43. The van der Waals surface area contributed by atoms with Gasteiger partial charge in [0.25, 0.3) is 11.5 Å². The third-order valence-electron chi connectivity index (χ3n) is 6.53. The molecule has 0 saturated carbocycles. The molecule has 0 aliphatic carbocycles. The first-order chi connectivity index (χ1) is 18.2. The molecule has 0 saturated heterocycles. The second kappa shape index (κ2) is 9.92. The Morgan fingerprint density at radius 1 is 1.11 bits per heavy atom. The molecule has 1 amide bonds. The van der Waals surface area contributed by atoms with Crippen LogP contribution in [0.5, 0.6) is 11.5 Å². The largest absolute Gasteiger partial charge is 0.486 e. The molecular formula is C26H25F3N4O5. The van der Waals surface area contributed by atoms with Crippen molar-refractivity contribution in [2.45, 2.75) is 32.1 Å². The number of alkyl halides is 3. The van der Waals surface area contributed by atoms with E-state index >= 15 is 0 Å². The second-order valence-corrected chi connectivity index (χ2v) is 8.96. The third-order valence-corrected chi connectivity index (χ3v) is 6.53. The maximum absolute atomic E-state index is 13.3. The van der Waals surface area contributed by atoms with Crippen molar-refractivity contribution in [1.29, 1.82) is 0 Å². The van der Waals surface area contributed by atoms with E-state index in [4.69, 9.17) is 14.3 Å². The molecule has 1 atom stereocenters. The van der Waals surface area contributed by atoms with Gasteiger partial charge in [0.05, 0.1) is 29.4 Å². The summed E-state index contributed by atoms with van der Waals surface area (Å²) < 4.78 is 50.8. The summed E-state index contributed by atoms with van der Waals surface area (Å²) in [6.07, 6.45) is -4.09. The van der Waals surface area contributed by atoms with Crippen LogP contribution in [0, 0.1) is 0 Å². The number of anilines is 1. The zero-order valence-electron chi connectivity index (χ0n) is 20.7. The monoisotopic (exact) mass is 530 g/mol. The summed E-state index contributed by atoms with van der Waals surface area (Å²) in [4.78, 5) is 37.9. The van der Waals surface area contributed by atoms with Gasteiger partial charge in [0.1, 0.15) is 20.3 Å². The van der Waals surface area contributed by atoms with Gasteiger partial charge in [-0.2, -0.15) is 13.2 Å². The Balaban J connectivity index is 1.36. The lowest BCUT2D eigenvalue weighted by Crippen LogP contribution is -2.42. The number of fused-ring (bicyclic) bond motifs is 2. The molecular weight excluding hydrogens is 505 g/mol. The number of benzene rings is 2. The van der Waals surface area contributed by atoms with Crippen LogP contribution in [0.3, 0.4) is 0 Å². The summed E-state index contributed by atoms with van der Waals surface area (Å²) in [6.45, 7) is 2.98. The van der Waals surface area contributed by atoms with Crippen molar-refractivity contribution in [2.24, 2.45) is 0 Å². The first-order valence-electron chi connectivity index (χ1n) is 12.0. The summed E-state index contributed by atoms with van der Waals surface area (Å²) in [6, 6.07) is 9.26. The van der Waals surface area contributed by atoms with Crippen molar-refractivity contribution in [1.82, 2.24) is 14.6 Å². The maximum atomic E-state index is 13.3. The van der Waals surface area contributed by atoms with Crippen LogP contribution >= 0.6 is 0 Å². The number of halogens is 3. The van der Waals surface area contributed by atoms with E-state index in [1.807, 2.05) is 0 Å². The zero-order chi connectivity index (χ0) is 27.0. The van der Waals surface area contributed by atoms with Gasteiger partial charge in [-0.15, -0.1) is 4.73 Å². The Morgan fingerprint density at radius 2 is 1.82 bits per heavy atom. The summed E-state index contributed by atoms with van der Waals surface area (Å²) in [5, 5.41) is 3.05. The number of aromatic nitrogens is 2. The van der Waals surface area contributed by atoms with Crippen LogP contribution in [0.25, 0.3) is 0 Å². The fourth-order valence-corrected chi connectivity index (χ4v) is 4.49. The number of ether oxygens (including phenoxy) is 2. The molecule has 12 heteroatoms. The average Bonchev–Trinajstić information content (AvgIpc) is 2.92. The van der Waals surface area contributed by atoms with Crippen LogP contribution in [0.4, 0.5) is 19.1 Å². The van der Waals surface area contributed by atoms with E-state index in [-0.39, 0.29) is 18.4 Å². The van der Waals surface area contributed by atoms with Gasteiger partial charge in [-0.05, 0) is 42.8 Å². The first-order valence-corrected chi connectivity index (χ1v) is 12.0. The van der Waals surface area contributed by atoms with E-state index < -0.39 is 23.3 Å². The number of nitrogens with one attached hydrogen (secondary N) is 1. The van der Waals surface area contributed by atoms with Gasteiger partial charge in [0.2, 0.25) is 5.95 Å². The van der Waals surface area contributed by atoms with Gasteiger partial charge in [0.15, 0.2) is 11.5 Å². The Kier molecular flexibility index (Phi) is 6.64. The molecule has 200 valence electrons. The normalized spacial score (nSPS) is 15.4. The van der Waals surface area contributed by atoms with Crippen LogP contribution in [-0.4, -0.2) is 47.4 Å². The van der Waals surface area contributed by atoms with Crippen LogP contribution in [0.1, 0.15) is 45.7 Å². The van der Waals surface area contributed by atoms with Crippen molar-refractivity contribution in [2.75, 3.05) is 32.2 Å². The minimum absolute atomic E-state index is 0.0482. The highest BCUT2D eigenvalue weighted by Crippen LogP contribution is 2.32.